The Labute approximate surface area is 49.9 Å². The molecule has 0 spiro atoms. The third-order valence-electron chi connectivity index (χ3n) is 1.18. The summed E-state index contributed by atoms with van der Waals surface area (Å²) in [6, 6.07) is 0. The van der Waals surface area contributed by atoms with Gasteiger partial charge in [0.15, 0.2) is 0 Å². The molecule has 2 nitrogen and oxygen atoms in total. The number of hydrogen-bond donors (Lipinski definition) is 1. The summed E-state index contributed by atoms with van der Waals surface area (Å²) in [7, 11) is 0. The van der Waals surface area contributed by atoms with E-state index in [2.05, 4.69) is 10.3 Å². The predicted molar refractivity (Wildman–Crippen MR) is 23.5 cm³/mol. The zero-order valence-electron chi connectivity index (χ0n) is 4.53. The molecule has 9 heavy (non-hydrogen) atoms. The highest BCUT2D eigenvalue weighted by Gasteiger charge is 2.41. The minimum Gasteiger partial charge on any atom is -0.301 e. The quantitative estimate of drug-likeness (QED) is 0.536. The van der Waals surface area contributed by atoms with Crippen molar-refractivity contribution < 1.29 is 18.0 Å². The van der Waals surface area contributed by atoms with Crippen molar-refractivity contribution in [1.82, 2.24) is 5.48 Å². The first-order valence-corrected chi connectivity index (χ1v) is 2.52. The van der Waals surface area contributed by atoms with Crippen molar-refractivity contribution in [1.29, 1.82) is 0 Å². The van der Waals surface area contributed by atoms with Crippen LogP contribution in [0, 0.1) is 5.92 Å². The van der Waals surface area contributed by atoms with E-state index in [-0.39, 0.29) is 13.2 Å². The summed E-state index contributed by atoms with van der Waals surface area (Å²) in [4.78, 5) is 4.31. The van der Waals surface area contributed by atoms with Crippen molar-refractivity contribution in [3.05, 3.63) is 0 Å². The SMILES string of the molecule is FC(F)(F)C1CNOC1. The molecule has 0 radical (unpaired) electrons. The summed E-state index contributed by atoms with van der Waals surface area (Å²) in [5, 5.41) is 0. The van der Waals surface area contributed by atoms with Gasteiger partial charge in [-0.1, -0.05) is 0 Å². The lowest BCUT2D eigenvalue weighted by Gasteiger charge is -2.09. The normalized spacial score (nSPS) is 29.0. The number of alkyl halides is 3. The van der Waals surface area contributed by atoms with E-state index in [1.807, 2.05) is 0 Å². The molecule has 5 heteroatoms. The van der Waals surface area contributed by atoms with Crippen molar-refractivity contribution in [2.24, 2.45) is 5.92 Å². The topological polar surface area (TPSA) is 21.3 Å². The standard InChI is InChI=1S/C4H6F3NO/c5-4(6,7)3-1-8-9-2-3/h3,8H,1-2H2. The maximum atomic E-state index is 11.6. The van der Waals surface area contributed by atoms with Crippen LogP contribution in [0.3, 0.4) is 0 Å². The predicted octanol–water partition coefficient (Wildman–Crippen LogP) is 0.700. The monoisotopic (exact) mass is 141 g/mol. The third-order valence-corrected chi connectivity index (χ3v) is 1.18. The zero-order chi connectivity index (χ0) is 6.91. The summed E-state index contributed by atoms with van der Waals surface area (Å²) in [5.74, 6) is -1.32. The largest absolute Gasteiger partial charge is 0.395 e. The van der Waals surface area contributed by atoms with Crippen LogP contribution in [0.5, 0.6) is 0 Å². The Kier molecular flexibility index (Phi) is 1.63. The van der Waals surface area contributed by atoms with Gasteiger partial charge in [0.25, 0.3) is 0 Å². The van der Waals surface area contributed by atoms with Crippen molar-refractivity contribution in [2.75, 3.05) is 13.2 Å². The minimum absolute atomic E-state index is 0.122. The lowest BCUT2D eigenvalue weighted by molar-refractivity contribution is -0.170. The molecule has 1 N–H and O–H groups in total. The molecule has 0 aromatic carbocycles. The second-order valence-electron chi connectivity index (χ2n) is 1.90. The summed E-state index contributed by atoms with van der Waals surface area (Å²) in [5.41, 5.74) is 2.16. The zero-order valence-corrected chi connectivity index (χ0v) is 4.53. The van der Waals surface area contributed by atoms with E-state index in [9.17, 15) is 13.2 Å². The molecule has 0 aliphatic carbocycles. The summed E-state index contributed by atoms with van der Waals surface area (Å²) < 4.78 is 34.9. The number of rotatable bonds is 0. The van der Waals surface area contributed by atoms with Gasteiger partial charge >= 0.3 is 6.18 Å². The molecule has 1 heterocycles. The Morgan fingerprint density at radius 3 is 2.33 bits per heavy atom. The first-order valence-electron chi connectivity index (χ1n) is 2.52. The van der Waals surface area contributed by atoms with E-state index in [0.29, 0.717) is 0 Å². The molecule has 0 aromatic heterocycles. The summed E-state index contributed by atoms with van der Waals surface area (Å²) >= 11 is 0. The van der Waals surface area contributed by atoms with E-state index >= 15 is 0 Å². The van der Waals surface area contributed by atoms with Gasteiger partial charge in [-0.2, -0.15) is 13.2 Å². The van der Waals surface area contributed by atoms with E-state index in [1.54, 1.807) is 0 Å². The number of hydrogen-bond acceptors (Lipinski definition) is 2. The molecule has 1 saturated heterocycles. The summed E-state index contributed by atoms with van der Waals surface area (Å²) in [6.45, 7) is -0.382. The molecule has 1 aliphatic heterocycles. The fourth-order valence-electron chi connectivity index (χ4n) is 0.588. The first-order chi connectivity index (χ1) is 4.11. The van der Waals surface area contributed by atoms with Gasteiger partial charge in [-0.25, -0.2) is 5.48 Å². The minimum atomic E-state index is -4.11. The van der Waals surface area contributed by atoms with Gasteiger partial charge in [0.05, 0.1) is 12.5 Å². The molecule has 0 amide bonds. The van der Waals surface area contributed by atoms with E-state index in [0.717, 1.165) is 0 Å². The van der Waals surface area contributed by atoms with Gasteiger partial charge < -0.3 is 4.84 Å². The van der Waals surface area contributed by atoms with Crippen LogP contribution in [0.25, 0.3) is 0 Å². The number of nitrogens with one attached hydrogen (secondary N) is 1. The molecular formula is C4H6F3NO. The fraction of sp³-hybridized carbons (Fsp3) is 1.00. The van der Waals surface area contributed by atoms with Crippen LogP contribution in [-0.4, -0.2) is 19.3 Å². The molecule has 0 aromatic rings. The van der Waals surface area contributed by atoms with Crippen LogP contribution in [-0.2, 0) is 4.84 Å². The second kappa shape index (κ2) is 2.15. The molecule has 1 atom stereocenters. The molecule has 1 fully saturated rings. The lowest BCUT2D eigenvalue weighted by atomic mass is 10.2. The maximum Gasteiger partial charge on any atom is 0.395 e. The Morgan fingerprint density at radius 1 is 1.44 bits per heavy atom. The van der Waals surface area contributed by atoms with Crippen LogP contribution >= 0.6 is 0 Å². The van der Waals surface area contributed by atoms with Gasteiger partial charge in [-0.3, -0.25) is 0 Å². The highest BCUT2D eigenvalue weighted by Crippen LogP contribution is 2.27. The van der Waals surface area contributed by atoms with Gasteiger partial charge in [-0.15, -0.1) is 0 Å². The van der Waals surface area contributed by atoms with Crippen LogP contribution in [0.15, 0.2) is 0 Å². The van der Waals surface area contributed by atoms with Crippen LogP contribution in [0.1, 0.15) is 0 Å². The maximum absolute atomic E-state index is 11.6. The Morgan fingerprint density at radius 2 is 2.11 bits per heavy atom. The van der Waals surface area contributed by atoms with Gasteiger partial charge in [0.2, 0.25) is 0 Å². The van der Waals surface area contributed by atoms with Crippen molar-refractivity contribution in [3.63, 3.8) is 0 Å². The lowest BCUT2D eigenvalue weighted by Crippen LogP contribution is -2.26. The van der Waals surface area contributed by atoms with E-state index in [1.165, 1.54) is 0 Å². The molecule has 0 saturated carbocycles. The van der Waals surface area contributed by atoms with Crippen molar-refractivity contribution >= 4 is 0 Å². The number of halogens is 3. The fourth-order valence-corrected chi connectivity index (χ4v) is 0.588. The van der Waals surface area contributed by atoms with Crippen LogP contribution < -0.4 is 5.48 Å². The first kappa shape index (κ1) is 6.82. The van der Waals surface area contributed by atoms with E-state index < -0.39 is 12.1 Å². The Bertz CT molecular complexity index is 96.5. The molecule has 1 aliphatic rings. The van der Waals surface area contributed by atoms with Gasteiger partial charge in [0, 0.05) is 6.54 Å². The second-order valence-corrected chi connectivity index (χ2v) is 1.90. The average Bonchev–Trinajstić information content (AvgIpc) is 2.08. The van der Waals surface area contributed by atoms with Crippen molar-refractivity contribution in [3.8, 4) is 0 Å². The molecule has 54 valence electrons. The molecule has 0 bridgehead atoms. The Balaban J connectivity index is 2.42. The highest BCUT2D eigenvalue weighted by molar-refractivity contribution is 4.70. The highest BCUT2D eigenvalue weighted by atomic mass is 19.4. The smallest absolute Gasteiger partial charge is 0.301 e. The molecular weight excluding hydrogens is 135 g/mol. The van der Waals surface area contributed by atoms with Crippen LogP contribution in [0.4, 0.5) is 13.2 Å². The van der Waals surface area contributed by atoms with E-state index in [4.69, 9.17) is 0 Å². The molecule has 1 unspecified atom stereocenters. The number of hydroxylamine groups is 1. The van der Waals surface area contributed by atoms with Gasteiger partial charge in [0.1, 0.15) is 0 Å². The van der Waals surface area contributed by atoms with Gasteiger partial charge in [-0.05, 0) is 0 Å². The Hall–Kier alpha value is -0.290. The third kappa shape index (κ3) is 1.56. The van der Waals surface area contributed by atoms with Crippen molar-refractivity contribution in [2.45, 2.75) is 6.18 Å². The average molecular weight is 141 g/mol. The van der Waals surface area contributed by atoms with Crippen LogP contribution in [0.2, 0.25) is 0 Å². The summed E-state index contributed by atoms with van der Waals surface area (Å²) in [6.07, 6.45) is -4.11. The molecule has 1 rings (SSSR count).